The molecule has 0 spiro atoms. The van der Waals surface area contributed by atoms with Crippen LogP contribution in [0.3, 0.4) is 0 Å². The van der Waals surface area contributed by atoms with E-state index in [1.165, 1.54) is 6.20 Å². The normalized spacial score (nSPS) is 13.7. The molecule has 0 aliphatic rings. The van der Waals surface area contributed by atoms with E-state index < -0.39 is 28.7 Å². The van der Waals surface area contributed by atoms with Crippen LogP contribution < -0.4 is 4.72 Å². The molecule has 0 radical (unpaired) electrons. The molecule has 2 N–H and O–H groups in total. The molecule has 1 atom stereocenters. The average molecular weight is 439 g/mol. The number of halogens is 3. The SMILES string of the molecule is CCc1cccc2c(CC(NS(=O)(=O)c3c(C)cc(C)cc3C)C(F)(F)F)c[nH]c12. The van der Waals surface area contributed by atoms with Crippen molar-refractivity contribution < 1.29 is 21.6 Å². The summed E-state index contributed by atoms with van der Waals surface area (Å²) in [5.41, 5.74) is 3.88. The van der Waals surface area contributed by atoms with E-state index in [0.717, 1.165) is 23.1 Å². The number of fused-ring (bicyclic) bond motifs is 1. The minimum atomic E-state index is -4.74. The number of rotatable bonds is 6. The number of sulfonamides is 1. The molecule has 1 unspecified atom stereocenters. The van der Waals surface area contributed by atoms with Gasteiger partial charge in [-0.3, -0.25) is 0 Å². The van der Waals surface area contributed by atoms with Gasteiger partial charge in [0, 0.05) is 17.1 Å². The molecule has 30 heavy (non-hydrogen) atoms. The third-order valence-corrected chi connectivity index (χ3v) is 7.03. The van der Waals surface area contributed by atoms with Crippen LogP contribution in [0.4, 0.5) is 13.2 Å². The van der Waals surface area contributed by atoms with Crippen molar-refractivity contribution in [3.8, 4) is 0 Å². The number of hydrogen-bond donors (Lipinski definition) is 2. The summed E-state index contributed by atoms with van der Waals surface area (Å²) in [4.78, 5) is 2.94. The zero-order valence-corrected chi connectivity index (χ0v) is 18.1. The van der Waals surface area contributed by atoms with Crippen LogP contribution in [0.5, 0.6) is 0 Å². The predicted molar refractivity (Wildman–Crippen MR) is 112 cm³/mol. The van der Waals surface area contributed by atoms with E-state index in [1.807, 2.05) is 24.6 Å². The Kier molecular flexibility index (Phi) is 6.02. The van der Waals surface area contributed by atoms with Gasteiger partial charge in [-0.25, -0.2) is 8.42 Å². The summed E-state index contributed by atoms with van der Waals surface area (Å²) in [7, 11) is -4.37. The van der Waals surface area contributed by atoms with Crippen LogP contribution in [0.15, 0.2) is 41.4 Å². The molecule has 3 rings (SSSR count). The Hall–Kier alpha value is -2.32. The van der Waals surface area contributed by atoms with Gasteiger partial charge in [0.25, 0.3) is 0 Å². The van der Waals surface area contributed by atoms with Gasteiger partial charge < -0.3 is 4.98 Å². The average Bonchev–Trinajstić information content (AvgIpc) is 3.02. The number of aryl methyl sites for hydroxylation is 4. The Morgan fingerprint density at radius 3 is 2.27 bits per heavy atom. The second-order valence-electron chi connectivity index (χ2n) is 7.65. The van der Waals surface area contributed by atoms with Gasteiger partial charge in [0.15, 0.2) is 0 Å². The van der Waals surface area contributed by atoms with E-state index in [4.69, 9.17) is 0 Å². The lowest BCUT2D eigenvalue weighted by molar-refractivity contribution is -0.150. The Balaban J connectivity index is 1.99. The van der Waals surface area contributed by atoms with Crippen molar-refractivity contribution in [3.63, 3.8) is 0 Å². The molecular weight excluding hydrogens is 413 g/mol. The molecule has 0 saturated heterocycles. The summed E-state index contributed by atoms with van der Waals surface area (Å²) in [6.07, 6.45) is -2.98. The van der Waals surface area contributed by atoms with Gasteiger partial charge in [-0.15, -0.1) is 0 Å². The number of alkyl halides is 3. The molecule has 1 heterocycles. The molecule has 3 aromatic rings. The number of benzene rings is 2. The molecule has 0 aliphatic carbocycles. The van der Waals surface area contributed by atoms with E-state index in [-0.39, 0.29) is 4.90 Å². The number of para-hydroxylation sites is 1. The number of aromatic nitrogens is 1. The summed E-state index contributed by atoms with van der Waals surface area (Å²) < 4.78 is 69.2. The fourth-order valence-corrected chi connectivity index (χ4v) is 5.69. The first-order valence-electron chi connectivity index (χ1n) is 9.68. The van der Waals surface area contributed by atoms with E-state index in [2.05, 4.69) is 4.98 Å². The fourth-order valence-electron chi connectivity index (χ4n) is 4.02. The van der Waals surface area contributed by atoms with Crippen molar-refractivity contribution in [3.05, 3.63) is 64.3 Å². The van der Waals surface area contributed by atoms with E-state index >= 15 is 0 Å². The molecule has 162 valence electrons. The second kappa shape index (κ2) is 8.07. The Bertz CT molecular complexity index is 1160. The van der Waals surface area contributed by atoms with Gasteiger partial charge in [0.2, 0.25) is 10.0 Å². The minimum Gasteiger partial charge on any atom is -0.361 e. The highest BCUT2D eigenvalue weighted by Crippen LogP contribution is 2.30. The number of aromatic amines is 1. The fraction of sp³-hybridized carbons (Fsp3) is 0.364. The molecule has 0 saturated carbocycles. The van der Waals surface area contributed by atoms with Gasteiger partial charge in [-0.05, 0) is 55.9 Å². The van der Waals surface area contributed by atoms with Crippen LogP contribution in [-0.4, -0.2) is 25.6 Å². The van der Waals surface area contributed by atoms with E-state index in [0.29, 0.717) is 22.1 Å². The lowest BCUT2D eigenvalue weighted by Crippen LogP contribution is -2.47. The van der Waals surface area contributed by atoms with Crippen LogP contribution in [-0.2, 0) is 22.9 Å². The molecular formula is C22H25F3N2O2S. The van der Waals surface area contributed by atoms with Gasteiger partial charge in [0.05, 0.1) is 4.90 Å². The number of nitrogens with one attached hydrogen (secondary N) is 2. The summed E-state index contributed by atoms with van der Waals surface area (Å²) in [6.45, 7) is 6.95. The lowest BCUT2D eigenvalue weighted by Gasteiger charge is -2.23. The highest BCUT2D eigenvalue weighted by atomic mass is 32.2. The lowest BCUT2D eigenvalue weighted by atomic mass is 10.0. The molecule has 2 aromatic carbocycles. The van der Waals surface area contributed by atoms with Crippen LogP contribution >= 0.6 is 0 Å². The third-order valence-electron chi connectivity index (χ3n) is 5.26. The second-order valence-corrected chi connectivity index (χ2v) is 9.31. The van der Waals surface area contributed by atoms with E-state index in [1.54, 1.807) is 38.1 Å². The zero-order valence-electron chi connectivity index (χ0n) is 17.3. The van der Waals surface area contributed by atoms with Crippen LogP contribution in [0.1, 0.15) is 34.7 Å². The van der Waals surface area contributed by atoms with Gasteiger partial charge in [-0.2, -0.15) is 17.9 Å². The van der Waals surface area contributed by atoms with Crippen molar-refractivity contribution in [1.29, 1.82) is 0 Å². The predicted octanol–water partition coefficient (Wildman–Crippen LogP) is 5.11. The maximum absolute atomic E-state index is 13.8. The molecule has 0 aliphatic heterocycles. The first kappa shape index (κ1) is 22.4. The van der Waals surface area contributed by atoms with Crippen molar-refractivity contribution in [2.24, 2.45) is 0 Å². The van der Waals surface area contributed by atoms with Gasteiger partial charge in [0.1, 0.15) is 6.04 Å². The summed E-state index contributed by atoms with van der Waals surface area (Å²) in [5.74, 6) is 0. The van der Waals surface area contributed by atoms with Crippen molar-refractivity contribution in [2.45, 2.75) is 57.7 Å². The van der Waals surface area contributed by atoms with E-state index in [9.17, 15) is 21.6 Å². The Morgan fingerprint density at radius 1 is 1.07 bits per heavy atom. The van der Waals surface area contributed by atoms with Crippen molar-refractivity contribution >= 4 is 20.9 Å². The molecule has 4 nitrogen and oxygen atoms in total. The summed E-state index contributed by atoms with van der Waals surface area (Å²) in [5, 5.41) is 0.672. The maximum Gasteiger partial charge on any atom is 0.405 e. The zero-order chi connectivity index (χ0) is 22.3. The third kappa shape index (κ3) is 4.39. The number of hydrogen-bond acceptors (Lipinski definition) is 2. The molecule has 8 heteroatoms. The topological polar surface area (TPSA) is 62.0 Å². The maximum atomic E-state index is 13.8. The summed E-state index contributed by atoms with van der Waals surface area (Å²) in [6, 6.07) is 6.51. The molecule has 0 bridgehead atoms. The van der Waals surface area contributed by atoms with Crippen LogP contribution in [0, 0.1) is 20.8 Å². The standard InChI is InChI=1S/C22H25F3N2O2S/c1-5-16-7-6-8-18-17(12-26-20(16)18)11-19(22(23,24)25)27-30(28,29)21-14(3)9-13(2)10-15(21)4/h6-10,12,19,26-27H,5,11H2,1-4H3. The monoisotopic (exact) mass is 438 g/mol. The molecule has 0 fully saturated rings. The van der Waals surface area contributed by atoms with Gasteiger partial charge in [-0.1, -0.05) is 42.8 Å². The highest BCUT2D eigenvalue weighted by Gasteiger charge is 2.43. The van der Waals surface area contributed by atoms with Crippen LogP contribution in [0.25, 0.3) is 10.9 Å². The minimum absolute atomic E-state index is 0.102. The van der Waals surface area contributed by atoms with Crippen molar-refractivity contribution in [1.82, 2.24) is 9.71 Å². The summed E-state index contributed by atoms with van der Waals surface area (Å²) >= 11 is 0. The van der Waals surface area contributed by atoms with Gasteiger partial charge >= 0.3 is 6.18 Å². The Labute approximate surface area is 174 Å². The number of H-pyrrole nitrogens is 1. The largest absolute Gasteiger partial charge is 0.405 e. The first-order valence-corrected chi connectivity index (χ1v) is 11.2. The molecule has 0 amide bonds. The van der Waals surface area contributed by atoms with Crippen LogP contribution in [0.2, 0.25) is 0 Å². The van der Waals surface area contributed by atoms with Crippen molar-refractivity contribution in [2.75, 3.05) is 0 Å². The highest BCUT2D eigenvalue weighted by molar-refractivity contribution is 7.89. The quantitative estimate of drug-likeness (QED) is 0.562. The smallest absolute Gasteiger partial charge is 0.361 e. The Morgan fingerprint density at radius 2 is 1.70 bits per heavy atom. The molecule has 1 aromatic heterocycles. The first-order chi connectivity index (χ1) is 13.9.